The van der Waals surface area contributed by atoms with Crippen LogP contribution in [0.25, 0.3) is 0 Å². The van der Waals surface area contributed by atoms with Gasteiger partial charge in [0, 0.05) is 5.92 Å². The monoisotopic (exact) mass is 307 g/mol. The fourth-order valence-electron chi connectivity index (χ4n) is 2.44. The number of halogens is 2. The summed E-state index contributed by atoms with van der Waals surface area (Å²) in [5.74, 6) is -0.0174. The van der Waals surface area contributed by atoms with Gasteiger partial charge >= 0.3 is 0 Å². The van der Waals surface area contributed by atoms with E-state index < -0.39 is 11.6 Å². The molecule has 1 unspecified atom stereocenters. The van der Waals surface area contributed by atoms with Gasteiger partial charge in [0.25, 0.3) is 0 Å². The molecule has 0 spiro atoms. The molecule has 5 heteroatoms. The Balaban J connectivity index is 2.28. The van der Waals surface area contributed by atoms with Gasteiger partial charge in [-0.1, -0.05) is 6.07 Å². The second-order valence-electron chi connectivity index (χ2n) is 4.99. The van der Waals surface area contributed by atoms with E-state index in [4.69, 9.17) is 15.2 Å². The van der Waals surface area contributed by atoms with Gasteiger partial charge in [-0.25, -0.2) is 8.78 Å². The van der Waals surface area contributed by atoms with Crippen molar-refractivity contribution < 1.29 is 18.3 Å². The molecule has 2 aromatic rings. The van der Waals surface area contributed by atoms with Crippen molar-refractivity contribution in [1.82, 2.24) is 0 Å². The molecule has 118 valence electrons. The fraction of sp³-hybridized carbons (Fsp3) is 0.294. The maximum absolute atomic E-state index is 13.9. The van der Waals surface area contributed by atoms with E-state index in [1.54, 1.807) is 20.3 Å². The van der Waals surface area contributed by atoms with Crippen molar-refractivity contribution in [2.75, 3.05) is 20.8 Å². The Morgan fingerprint density at radius 2 is 1.73 bits per heavy atom. The predicted octanol–water partition coefficient (Wildman–Crippen LogP) is 3.27. The van der Waals surface area contributed by atoms with Crippen LogP contribution in [0.2, 0.25) is 0 Å². The average molecular weight is 307 g/mol. The molecule has 1 atom stereocenters. The predicted molar refractivity (Wildman–Crippen MR) is 81.4 cm³/mol. The van der Waals surface area contributed by atoms with Crippen LogP contribution in [0.5, 0.6) is 11.5 Å². The Kier molecular flexibility index (Phi) is 5.33. The van der Waals surface area contributed by atoms with Gasteiger partial charge in [0.2, 0.25) is 0 Å². The van der Waals surface area contributed by atoms with Crippen LogP contribution in [-0.4, -0.2) is 20.8 Å². The molecule has 0 saturated heterocycles. The molecule has 0 heterocycles. The Bertz CT molecular complexity index is 647. The molecular formula is C17H19F2NO2. The minimum absolute atomic E-state index is 0.217. The first-order valence-electron chi connectivity index (χ1n) is 6.95. The first-order chi connectivity index (χ1) is 10.6. The van der Waals surface area contributed by atoms with Gasteiger partial charge in [-0.05, 0) is 54.4 Å². The van der Waals surface area contributed by atoms with Crippen LogP contribution in [-0.2, 0) is 6.42 Å². The summed E-state index contributed by atoms with van der Waals surface area (Å²) >= 11 is 0. The summed E-state index contributed by atoms with van der Waals surface area (Å²) in [7, 11) is 3.11. The fourth-order valence-corrected chi connectivity index (χ4v) is 2.44. The summed E-state index contributed by atoms with van der Waals surface area (Å²) in [5.41, 5.74) is 6.96. The SMILES string of the molecule is COc1ccc(CC(CN)c2cc(F)ccc2F)cc1OC. The van der Waals surface area contributed by atoms with E-state index in [9.17, 15) is 8.78 Å². The Hall–Kier alpha value is -2.14. The molecule has 0 saturated carbocycles. The molecule has 0 aliphatic rings. The molecule has 0 fully saturated rings. The highest BCUT2D eigenvalue weighted by Crippen LogP contribution is 2.30. The number of rotatable bonds is 6. The lowest BCUT2D eigenvalue weighted by atomic mass is 9.91. The summed E-state index contributed by atoms with van der Waals surface area (Å²) in [5, 5.41) is 0. The van der Waals surface area contributed by atoms with Crippen molar-refractivity contribution in [3.63, 3.8) is 0 Å². The number of ether oxygens (including phenoxy) is 2. The lowest BCUT2D eigenvalue weighted by Gasteiger charge is -2.17. The number of hydrogen-bond donors (Lipinski definition) is 1. The van der Waals surface area contributed by atoms with E-state index in [0.717, 1.165) is 17.7 Å². The Morgan fingerprint density at radius 1 is 1.00 bits per heavy atom. The largest absolute Gasteiger partial charge is 0.493 e. The van der Waals surface area contributed by atoms with Crippen LogP contribution in [0, 0.1) is 11.6 Å². The molecule has 3 nitrogen and oxygen atoms in total. The van der Waals surface area contributed by atoms with E-state index in [1.807, 2.05) is 12.1 Å². The standard InChI is InChI=1S/C17H19F2NO2/c1-21-16-6-3-11(8-17(16)22-2)7-12(10-20)14-9-13(18)4-5-15(14)19/h3-6,8-9,12H,7,10,20H2,1-2H3. The number of methoxy groups -OCH3 is 2. The van der Waals surface area contributed by atoms with Crippen molar-refractivity contribution in [3.8, 4) is 11.5 Å². The minimum Gasteiger partial charge on any atom is -0.493 e. The van der Waals surface area contributed by atoms with Gasteiger partial charge in [-0.15, -0.1) is 0 Å². The van der Waals surface area contributed by atoms with E-state index in [0.29, 0.717) is 17.9 Å². The van der Waals surface area contributed by atoms with E-state index in [2.05, 4.69) is 0 Å². The van der Waals surface area contributed by atoms with Crippen molar-refractivity contribution in [1.29, 1.82) is 0 Å². The van der Waals surface area contributed by atoms with E-state index in [1.165, 1.54) is 6.07 Å². The summed E-state index contributed by atoms with van der Waals surface area (Å²) in [6, 6.07) is 8.89. The molecule has 0 radical (unpaired) electrons. The third kappa shape index (κ3) is 3.54. The van der Waals surface area contributed by atoms with Crippen molar-refractivity contribution in [2.24, 2.45) is 5.73 Å². The van der Waals surface area contributed by atoms with Crippen LogP contribution >= 0.6 is 0 Å². The molecular weight excluding hydrogens is 288 g/mol. The van der Waals surface area contributed by atoms with Crippen LogP contribution in [0.1, 0.15) is 17.0 Å². The maximum atomic E-state index is 13.9. The molecule has 2 N–H and O–H groups in total. The Labute approximate surface area is 128 Å². The maximum Gasteiger partial charge on any atom is 0.160 e. The third-order valence-electron chi connectivity index (χ3n) is 3.61. The van der Waals surface area contributed by atoms with Crippen LogP contribution < -0.4 is 15.2 Å². The molecule has 0 amide bonds. The molecule has 0 aliphatic carbocycles. The van der Waals surface area contributed by atoms with Gasteiger partial charge in [0.1, 0.15) is 11.6 Å². The van der Waals surface area contributed by atoms with Gasteiger partial charge < -0.3 is 15.2 Å². The van der Waals surface area contributed by atoms with Crippen molar-refractivity contribution >= 4 is 0 Å². The zero-order valence-corrected chi connectivity index (χ0v) is 12.6. The van der Waals surface area contributed by atoms with E-state index in [-0.39, 0.29) is 18.0 Å². The zero-order chi connectivity index (χ0) is 16.1. The highest BCUT2D eigenvalue weighted by atomic mass is 19.1. The third-order valence-corrected chi connectivity index (χ3v) is 3.61. The minimum atomic E-state index is -0.470. The summed E-state index contributed by atoms with van der Waals surface area (Å²) in [6.45, 7) is 0.217. The summed E-state index contributed by atoms with van der Waals surface area (Å²) in [4.78, 5) is 0. The zero-order valence-electron chi connectivity index (χ0n) is 12.6. The molecule has 0 bridgehead atoms. The highest BCUT2D eigenvalue weighted by molar-refractivity contribution is 5.43. The van der Waals surface area contributed by atoms with Crippen LogP contribution in [0.3, 0.4) is 0 Å². The highest BCUT2D eigenvalue weighted by Gasteiger charge is 2.17. The van der Waals surface area contributed by atoms with Gasteiger partial charge in [0.15, 0.2) is 11.5 Å². The molecule has 2 aromatic carbocycles. The van der Waals surface area contributed by atoms with Gasteiger partial charge in [-0.3, -0.25) is 0 Å². The normalized spacial score (nSPS) is 12.0. The summed E-state index contributed by atoms with van der Waals surface area (Å²) in [6.07, 6.45) is 0.483. The molecule has 2 rings (SSSR count). The van der Waals surface area contributed by atoms with E-state index >= 15 is 0 Å². The number of benzene rings is 2. The lowest BCUT2D eigenvalue weighted by molar-refractivity contribution is 0.354. The molecule has 22 heavy (non-hydrogen) atoms. The van der Waals surface area contributed by atoms with Gasteiger partial charge in [-0.2, -0.15) is 0 Å². The smallest absolute Gasteiger partial charge is 0.160 e. The van der Waals surface area contributed by atoms with Crippen molar-refractivity contribution in [2.45, 2.75) is 12.3 Å². The quantitative estimate of drug-likeness (QED) is 0.891. The van der Waals surface area contributed by atoms with Crippen molar-refractivity contribution in [3.05, 3.63) is 59.2 Å². The topological polar surface area (TPSA) is 44.5 Å². The summed E-state index contributed by atoms with van der Waals surface area (Å²) < 4.78 is 37.7. The number of hydrogen-bond acceptors (Lipinski definition) is 3. The number of nitrogens with two attached hydrogens (primary N) is 1. The average Bonchev–Trinajstić information content (AvgIpc) is 2.54. The Morgan fingerprint density at radius 3 is 2.36 bits per heavy atom. The van der Waals surface area contributed by atoms with Crippen LogP contribution in [0.15, 0.2) is 36.4 Å². The van der Waals surface area contributed by atoms with Crippen LogP contribution in [0.4, 0.5) is 8.78 Å². The van der Waals surface area contributed by atoms with Gasteiger partial charge in [0.05, 0.1) is 14.2 Å². The lowest BCUT2D eigenvalue weighted by Crippen LogP contribution is -2.16. The molecule has 0 aliphatic heterocycles. The second-order valence-corrected chi connectivity index (χ2v) is 4.99. The first kappa shape index (κ1) is 16.2. The first-order valence-corrected chi connectivity index (χ1v) is 6.95. The molecule has 0 aromatic heterocycles. The second kappa shape index (κ2) is 7.22.